The SMILES string of the molecule is CSC[C@H]1C(=O)N(C)C[C@@H](NC(=O)OC(C)(C)C)C(=O)NCC(=O)N(C)[C@H](C(=O)N(C)[C@@H](C)C(=O)N(C)C)CSSC[C@H](N(C)C(=O)CNC(=O)[C@@H](C)NC(=O)OC(C)(C)C)C(=O)N1C. The Morgan fingerprint density at radius 1 is 0.846 bits per heavy atom. The van der Waals surface area contributed by atoms with Crippen molar-refractivity contribution in [2.75, 3.05) is 92.5 Å². The third-order valence-electron chi connectivity index (χ3n) is 9.77. The standard InChI is InChI=1S/C40H70N10O12S3/c1-23(43-37(59)61-39(3,4)5)31(53)41-17-29(51)49(14)28-22-65-64-21-27(35(57)47(12)24(2)33(55)45(9)10)48(13)30(52)18-42-32(54)25(44-38(60)62-40(6,7)8)19-46(11)34(56)26(20-63-16)50(15)36(28)58/h23-28H,17-22H2,1-16H3,(H,41,53)(H,42,54)(H,43,59)(H,44,60)/t23-,24+,25-,26+,27+,28+/m1/s1. The Hall–Kier alpha value is -4.65. The number of hydrogen-bond donors (Lipinski definition) is 4. The fourth-order valence-corrected chi connectivity index (χ4v) is 9.01. The maximum Gasteiger partial charge on any atom is 0.408 e. The largest absolute Gasteiger partial charge is 0.444 e. The lowest BCUT2D eigenvalue weighted by Crippen LogP contribution is -2.60. The van der Waals surface area contributed by atoms with E-state index in [0.717, 1.165) is 36.3 Å². The summed E-state index contributed by atoms with van der Waals surface area (Å²) in [6.07, 6.45) is -0.106. The van der Waals surface area contributed by atoms with Gasteiger partial charge in [-0.2, -0.15) is 11.8 Å². The maximum absolute atomic E-state index is 14.5. The van der Waals surface area contributed by atoms with Crippen LogP contribution in [0.5, 0.6) is 0 Å². The van der Waals surface area contributed by atoms with Crippen molar-refractivity contribution in [1.29, 1.82) is 0 Å². The summed E-state index contributed by atoms with van der Waals surface area (Å²) in [6.45, 7) is 11.1. The molecule has 0 spiro atoms. The van der Waals surface area contributed by atoms with Gasteiger partial charge in [0, 0.05) is 73.1 Å². The van der Waals surface area contributed by atoms with Crippen LogP contribution in [-0.4, -0.2) is 229 Å². The van der Waals surface area contributed by atoms with Gasteiger partial charge in [-0.05, 0) is 61.6 Å². The van der Waals surface area contributed by atoms with Crippen LogP contribution in [-0.2, 0) is 47.8 Å². The zero-order chi connectivity index (χ0) is 50.3. The van der Waals surface area contributed by atoms with Gasteiger partial charge in [-0.25, -0.2) is 9.59 Å². The Kier molecular flexibility index (Phi) is 23.2. The molecule has 0 radical (unpaired) electrons. The molecule has 1 aliphatic rings. The van der Waals surface area contributed by atoms with E-state index in [1.807, 2.05) is 0 Å². The molecule has 1 saturated heterocycles. The second-order valence-corrected chi connectivity index (χ2v) is 21.1. The van der Waals surface area contributed by atoms with E-state index < -0.39 is 121 Å². The summed E-state index contributed by atoms with van der Waals surface area (Å²) in [5.74, 6) is -5.34. The molecular weight excluding hydrogens is 909 g/mol. The average molecular weight is 979 g/mol. The molecule has 0 aliphatic carbocycles. The van der Waals surface area contributed by atoms with Crippen molar-refractivity contribution in [2.24, 2.45) is 0 Å². The number of amides is 10. The Morgan fingerprint density at radius 3 is 1.94 bits per heavy atom. The van der Waals surface area contributed by atoms with Crippen LogP contribution < -0.4 is 21.3 Å². The first-order valence-corrected chi connectivity index (χ1v) is 24.5. The summed E-state index contributed by atoms with van der Waals surface area (Å²) in [7, 11) is 12.2. The van der Waals surface area contributed by atoms with E-state index in [2.05, 4.69) is 21.3 Å². The molecule has 22 nitrogen and oxygen atoms in total. The minimum absolute atomic E-state index is 0.0822. The van der Waals surface area contributed by atoms with Crippen LogP contribution in [0, 0.1) is 0 Å². The molecule has 0 unspecified atom stereocenters. The predicted octanol–water partition coefficient (Wildman–Crippen LogP) is -0.342. The molecule has 10 amide bonds. The number of carbonyl (C=O) groups is 10. The lowest BCUT2D eigenvalue weighted by Gasteiger charge is -2.36. The summed E-state index contributed by atoms with van der Waals surface area (Å²) in [5, 5.41) is 9.81. The molecule has 4 N–H and O–H groups in total. The molecule has 25 heteroatoms. The topological polar surface area (TPSA) is 257 Å². The Bertz CT molecular complexity index is 1740. The quantitative estimate of drug-likeness (QED) is 0.193. The highest BCUT2D eigenvalue weighted by atomic mass is 33.1. The summed E-state index contributed by atoms with van der Waals surface area (Å²) < 4.78 is 10.6. The number of alkyl carbamates (subject to hydrolysis) is 2. The molecule has 1 heterocycles. The molecule has 0 bridgehead atoms. The highest BCUT2D eigenvalue weighted by Crippen LogP contribution is 2.27. The number of hydrogen-bond acceptors (Lipinski definition) is 15. The van der Waals surface area contributed by atoms with E-state index >= 15 is 0 Å². The summed E-state index contributed by atoms with van der Waals surface area (Å²) in [6, 6.07) is -7.09. The van der Waals surface area contributed by atoms with Gasteiger partial charge in [0.15, 0.2) is 0 Å². The van der Waals surface area contributed by atoms with Crippen molar-refractivity contribution < 1.29 is 57.4 Å². The fourth-order valence-electron chi connectivity index (χ4n) is 5.79. The molecule has 0 aromatic carbocycles. The van der Waals surface area contributed by atoms with Gasteiger partial charge in [0.05, 0.1) is 13.1 Å². The monoisotopic (exact) mass is 978 g/mol. The van der Waals surface area contributed by atoms with Gasteiger partial charge in [0.1, 0.15) is 47.5 Å². The number of carbonyl (C=O) groups excluding carboxylic acids is 10. The molecule has 1 fully saturated rings. The second kappa shape index (κ2) is 25.9. The van der Waals surface area contributed by atoms with Crippen LogP contribution in [0.2, 0.25) is 0 Å². The molecule has 1 rings (SSSR count). The van der Waals surface area contributed by atoms with E-state index in [9.17, 15) is 47.9 Å². The van der Waals surface area contributed by atoms with Gasteiger partial charge in [-0.15, -0.1) is 0 Å². The van der Waals surface area contributed by atoms with Crippen molar-refractivity contribution in [1.82, 2.24) is 50.7 Å². The Balaban J connectivity index is 3.74. The van der Waals surface area contributed by atoms with Crippen molar-refractivity contribution >= 4 is 92.8 Å². The van der Waals surface area contributed by atoms with Crippen LogP contribution in [0.3, 0.4) is 0 Å². The number of nitrogens with one attached hydrogen (secondary N) is 4. The molecule has 1 aliphatic heterocycles. The first kappa shape index (κ1) is 58.4. The van der Waals surface area contributed by atoms with Crippen molar-refractivity contribution in [3.05, 3.63) is 0 Å². The Morgan fingerprint density at radius 2 is 1.40 bits per heavy atom. The predicted molar refractivity (Wildman–Crippen MR) is 250 cm³/mol. The third kappa shape index (κ3) is 19.0. The van der Waals surface area contributed by atoms with E-state index in [1.54, 1.807) is 47.8 Å². The van der Waals surface area contributed by atoms with Crippen LogP contribution in [0.25, 0.3) is 0 Å². The number of likely N-dealkylation sites (N-methyl/N-ethyl adjacent to an activating group) is 6. The van der Waals surface area contributed by atoms with E-state index in [0.29, 0.717) is 0 Å². The van der Waals surface area contributed by atoms with Crippen LogP contribution in [0.15, 0.2) is 0 Å². The maximum atomic E-state index is 14.5. The minimum Gasteiger partial charge on any atom is -0.444 e. The number of ether oxygens (including phenoxy) is 2. The van der Waals surface area contributed by atoms with Gasteiger partial charge in [-0.1, -0.05) is 21.6 Å². The zero-order valence-electron chi connectivity index (χ0n) is 40.5. The summed E-state index contributed by atoms with van der Waals surface area (Å²) in [5.41, 5.74) is -1.78. The molecular formula is C40H70N10O12S3. The lowest BCUT2D eigenvalue weighted by molar-refractivity contribution is -0.148. The van der Waals surface area contributed by atoms with Crippen LogP contribution in [0.1, 0.15) is 55.4 Å². The molecule has 0 aromatic rings. The lowest BCUT2D eigenvalue weighted by atomic mass is 10.1. The van der Waals surface area contributed by atoms with E-state index in [4.69, 9.17) is 9.47 Å². The first-order chi connectivity index (χ1) is 29.8. The first-order valence-electron chi connectivity index (χ1n) is 20.6. The van der Waals surface area contributed by atoms with Crippen molar-refractivity contribution in [3.8, 4) is 0 Å². The molecule has 6 atom stereocenters. The minimum atomic E-state index is -1.46. The fraction of sp³-hybridized carbons (Fsp3) is 0.750. The average Bonchev–Trinajstić information content (AvgIpc) is 3.20. The zero-order valence-corrected chi connectivity index (χ0v) is 43.0. The van der Waals surface area contributed by atoms with Gasteiger partial charge in [-0.3, -0.25) is 38.4 Å². The highest BCUT2D eigenvalue weighted by Gasteiger charge is 2.39. The van der Waals surface area contributed by atoms with E-state index in [-0.39, 0.29) is 23.2 Å². The summed E-state index contributed by atoms with van der Waals surface area (Å²) in [4.78, 5) is 142. The second-order valence-electron chi connectivity index (χ2n) is 17.6. The Labute approximate surface area is 394 Å². The van der Waals surface area contributed by atoms with E-state index in [1.165, 1.54) is 89.6 Å². The highest BCUT2D eigenvalue weighted by molar-refractivity contribution is 8.76. The smallest absolute Gasteiger partial charge is 0.408 e. The van der Waals surface area contributed by atoms with Crippen molar-refractivity contribution in [3.63, 3.8) is 0 Å². The van der Waals surface area contributed by atoms with Gasteiger partial charge in [0.2, 0.25) is 47.3 Å². The number of nitrogens with zero attached hydrogens (tertiary/aromatic N) is 6. The number of thioether (sulfide) groups is 1. The molecule has 370 valence electrons. The van der Waals surface area contributed by atoms with Gasteiger partial charge >= 0.3 is 12.2 Å². The van der Waals surface area contributed by atoms with Crippen molar-refractivity contribution in [2.45, 2.75) is 103 Å². The summed E-state index contributed by atoms with van der Waals surface area (Å²) >= 11 is 1.25. The third-order valence-corrected chi connectivity index (χ3v) is 12.8. The van der Waals surface area contributed by atoms with Crippen LogP contribution in [0.4, 0.5) is 9.59 Å². The molecule has 65 heavy (non-hydrogen) atoms. The van der Waals surface area contributed by atoms with Crippen LogP contribution >= 0.6 is 33.3 Å². The normalized spacial score (nSPS) is 20.8. The van der Waals surface area contributed by atoms with Gasteiger partial charge < -0.3 is 60.1 Å². The van der Waals surface area contributed by atoms with Gasteiger partial charge in [0.25, 0.3) is 0 Å². The molecule has 0 saturated carbocycles. The molecule has 0 aromatic heterocycles. The number of rotatable bonds is 11.